The third kappa shape index (κ3) is 4.42. The molecule has 2 N–H and O–H groups in total. The highest BCUT2D eigenvalue weighted by molar-refractivity contribution is 5.77. The van der Waals surface area contributed by atoms with Gasteiger partial charge in [-0.15, -0.1) is 0 Å². The number of nitrogens with one attached hydrogen (secondary N) is 1. The van der Waals surface area contributed by atoms with Crippen LogP contribution >= 0.6 is 0 Å². The Balaban J connectivity index is 2.31. The highest BCUT2D eigenvalue weighted by Crippen LogP contribution is 2.10. The van der Waals surface area contributed by atoms with Crippen LogP contribution in [0.5, 0.6) is 5.88 Å². The van der Waals surface area contributed by atoms with Gasteiger partial charge in [0.25, 0.3) is 0 Å². The van der Waals surface area contributed by atoms with Crippen molar-refractivity contribution < 1.29 is 24.2 Å². The molecule has 1 rings (SSSR count). The molecule has 0 aliphatic carbocycles. The van der Waals surface area contributed by atoms with Crippen LogP contribution in [-0.2, 0) is 27.9 Å². The number of carboxylic acid groups (broad SMARTS) is 1. The van der Waals surface area contributed by atoms with Gasteiger partial charge in [0.1, 0.15) is 13.2 Å². The van der Waals surface area contributed by atoms with Crippen molar-refractivity contribution in [1.29, 1.82) is 0 Å². The van der Waals surface area contributed by atoms with Gasteiger partial charge in [0.05, 0.1) is 19.3 Å². The third-order valence-electron chi connectivity index (χ3n) is 2.02. The molecular formula is C10H15N3O5. The summed E-state index contributed by atoms with van der Waals surface area (Å²) < 4.78 is 11.2. The van der Waals surface area contributed by atoms with Crippen molar-refractivity contribution in [3.8, 4) is 5.88 Å². The van der Waals surface area contributed by atoms with Crippen molar-refractivity contribution in [2.75, 3.05) is 20.3 Å². The Morgan fingerprint density at radius 1 is 1.50 bits per heavy atom. The molecule has 1 aromatic rings. The number of carboxylic acids is 1. The first-order valence-electron chi connectivity index (χ1n) is 5.16. The zero-order valence-corrected chi connectivity index (χ0v) is 10.2. The average Bonchev–Trinajstić information content (AvgIpc) is 2.66. The number of carbonyl (C=O) groups is 2. The molecule has 8 nitrogen and oxygen atoms in total. The summed E-state index contributed by atoms with van der Waals surface area (Å²) in [5.74, 6) is -0.931. The second-order valence-electron chi connectivity index (χ2n) is 3.46. The minimum Gasteiger partial charge on any atom is -0.481 e. The number of hydrogen-bond donors (Lipinski definition) is 2. The molecule has 0 fully saturated rings. The van der Waals surface area contributed by atoms with E-state index >= 15 is 0 Å². The molecule has 1 heterocycles. The van der Waals surface area contributed by atoms with E-state index in [0.29, 0.717) is 11.6 Å². The van der Waals surface area contributed by atoms with Crippen LogP contribution in [-0.4, -0.2) is 47.1 Å². The molecule has 1 aromatic heterocycles. The molecule has 0 aliphatic rings. The Morgan fingerprint density at radius 3 is 2.78 bits per heavy atom. The van der Waals surface area contributed by atoms with E-state index in [4.69, 9.17) is 9.84 Å². The van der Waals surface area contributed by atoms with Gasteiger partial charge in [-0.1, -0.05) is 0 Å². The van der Waals surface area contributed by atoms with Gasteiger partial charge in [0, 0.05) is 13.1 Å². The zero-order valence-electron chi connectivity index (χ0n) is 10.2. The Hall–Kier alpha value is -2.09. The van der Waals surface area contributed by atoms with Gasteiger partial charge in [-0.2, -0.15) is 5.10 Å². The molecule has 1 amide bonds. The topological polar surface area (TPSA) is 103 Å². The van der Waals surface area contributed by atoms with E-state index in [-0.39, 0.29) is 13.2 Å². The third-order valence-corrected chi connectivity index (χ3v) is 2.02. The number of nitrogens with zero attached hydrogens (tertiary/aromatic N) is 2. The van der Waals surface area contributed by atoms with Gasteiger partial charge in [0.15, 0.2) is 0 Å². The number of ether oxygens (including phenoxy) is 2. The molecule has 0 atom stereocenters. The minimum atomic E-state index is -1.11. The van der Waals surface area contributed by atoms with Crippen LogP contribution in [0, 0.1) is 0 Å². The molecular weight excluding hydrogens is 242 g/mol. The summed E-state index contributed by atoms with van der Waals surface area (Å²) in [4.78, 5) is 21.4. The van der Waals surface area contributed by atoms with Crippen LogP contribution in [0.3, 0.4) is 0 Å². The lowest BCUT2D eigenvalue weighted by Crippen LogP contribution is -2.28. The summed E-state index contributed by atoms with van der Waals surface area (Å²) in [6.07, 6.45) is 0. The number of hydrogen-bond acceptors (Lipinski definition) is 5. The maximum Gasteiger partial charge on any atom is 0.329 e. The molecule has 0 aliphatic heterocycles. The molecule has 0 radical (unpaired) electrons. The van der Waals surface area contributed by atoms with Crippen LogP contribution < -0.4 is 10.1 Å². The molecule has 18 heavy (non-hydrogen) atoms. The Bertz CT molecular complexity index is 429. The lowest BCUT2D eigenvalue weighted by atomic mass is 10.4. The van der Waals surface area contributed by atoms with Gasteiger partial charge in [0.2, 0.25) is 11.8 Å². The summed E-state index contributed by atoms with van der Waals surface area (Å²) in [5.41, 5.74) is 0.640. The van der Waals surface area contributed by atoms with Gasteiger partial charge in [-0.3, -0.25) is 4.79 Å². The molecule has 0 bridgehead atoms. The fourth-order valence-corrected chi connectivity index (χ4v) is 1.26. The summed E-state index contributed by atoms with van der Waals surface area (Å²) in [6, 6.07) is 1.69. The second-order valence-corrected chi connectivity index (χ2v) is 3.46. The largest absolute Gasteiger partial charge is 0.481 e. The van der Waals surface area contributed by atoms with Crippen LogP contribution in [0.1, 0.15) is 5.69 Å². The average molecular weight is 257 g/mol. The lowest BCUT2D eigenvalue weighted by molar-refractivity contribution is -0.143. The highest BCUT2D eigenvalue weighted by Gasteiger charge is 2.07. The van der Waals surface area contributed by atoms with Crippen molar-refractivity contribution >= 4 is 11.9 Å². The summed E-state index contributed by atoms with van der Waals surface area (Å²) in [7, 11) is 3.25. The fraction of sp³-hybridized carbons (Fsp3) is 0.500. The molecule has 8 heteroatoms. The smallest absolute Gasteiger partial charge is 0.329 e. The van der Waals surface area contributed by atoms with Gasteiger partial charge >= 0.3 is 5.97 Å². The van der Waals surface area contributed by atoms with Crippen molar-refractivity contribution in [3.63, 3.8) is 0 Å². The van der Waals surface area contributed by atoms with E-state index in [2.05, 4.69) is 15.2 Å². The predicted molar refractivity (Wildman–Crippen MR) is 60.1 cm³/mol. The molecule has 0 saturated heterocycles. The van der Waals surface area contributed by atoms with Crippen LogP contribution in [0.25, 0.3) is 0 Å². The maximum absolute atomic E-state index is 11.3. The number of methoxy groups -OCH3 is 1. The van der Waals surface area contributed by atoms with Crippen LogP contribution in [0.15, 0.2) is 6.07 Å². The standard InChI is InChI=1S/C10H15N3O5/c1-13-9(17-2)3-7(12-13)4-11-8(14)5-18-6-10(15)16/h3H,4-6H2,1-2H3,(H,11,14)(H,15,16). The fourth-order valence-electron chi connectivity index (χ4n) is 1.26. The van der Waals surface area contributed by atoms with E-state index < -0.39 is 18.5 Å². The summed E-state index contributed by atoms with van der Waals surface area (Å²) >= 11 is 0. The van der Waals surface area contributed by atoms with E-state index in [1.54, 1.807) is 17.8 Å². The van der Waals surface area contributed by atoms with Crippen molar-refractivity contribution in [1.82, 2.24) is 15.1 Å². The Kier molecular flexibility index (Phi) is 5.12. The van der Waals surface area contributed by atoms with Gasteiger partial charge < -0.3 is 19.9 Å². The van der Waals surface area contributed by atoms with Crippen LogP contribution in [0.2, 0.25) is 0 Å². The molecule has 0 aromatic carbocycles. The molecule has 100 valence electrons. The highest BCUT2D eigenvalue weighted by atomic mass is 16.5. The number of aryl methyl sites for hydroxylation is 1. The van der Waals surface area contributed by atoms with Crippen molar-refractivity contribution in [3.05, 3.63) is 11.8 Å². The van der Waals surface area contributed by atoms with Crippen molar-refractivity contribution in [2.45, 2.75) is 6.54 Å². The second kappa shape index (κ2) is 6.60. The number of carbonyl (C=O) groups excluding carboxylic acids is 1. The first-order valence-corrected chi connectivity index (χ1v) is 5.16. The van der Waals surface area contributed by atoms with E-state index in [0.717, 1.165) is 0 Å². The van der Waals surface area contributed by atoms with Crippen molar-refractivity contribution in [2.24, 2.45) is 7.05 Å². The maximum atomic E-state index is 11.3. The first-order chi connectivity index (χ1) is 8.52. The van der Waals surface area contributed by atoms with E-state index in [1.807, 2.05) is 0 Å². The minimum absolute atomic E-state index is 0.229. The number of aromatic nitrogens is 2. The quantitative estimate of drug-likeness (QED) is 0.659. The lowest BCUT2D eigenvalue weighted by Gasteiger charge is -2.02. The number of aliphatic carboxylic acids is 1. The number of rotatable bonds is 7. The van der Waals surface area contributed by atoms with Gasteiger partial charge in [-0.25, -0.2) is 9.48 Å². The summed E-state index contributed by atoms with van der Waals surface area (Å²) in [5, 5.41) is 15.0. The SMILES string of the molecule is COc1cc(CNC(=O)COCC(=O)O)nn1C. The van der Waals surface area contributed by atoms with Crippen LogP contribution in [0.4, 0.5) is 0 Å². The zero-order chi connectivity index (χ0) is 13.5. The summed E-state index contributed by atoms with van der Waals surface area (Å²) in [6.45, 7) is -0.562. The predicted octanol–water partition coefficient (Wildman–Crippen LogP) is -0.854. The normalized spacial score (nSPS) is 10.1. The van der Waals surface area contributed by atoms with E-state index in [9.17, 15) is 9.59 Å². The molecule has 0 spiro atoms. The van der Waals surface area contributed by atoms with Gasteiger partial charge in [-0.05, 0) is 0 Å². The van der Waals surface area contributed by atoms with E-state index in [1.165, 1.54) is 7.11 Å². The monoisotopic (exact) mass is 257 g/mol. The molecule has 0 unspecified atom stereocenters. The Morgan fingerprint density at radius 2 is 2.22 bits per heavy atom. The molecule has 0 saturated carbocycles. The number of amides is 1. The first kappa shape index (κ1) is 14.0. The Labute approximate surface area is 103 Å².